The van der Waals surface area contributed by atoms with Gasteiger partial charge >= 0.3 is 0 Å². The predicted octanol–water partition coefficient (Wildman–Crippen LogP) is 5.94. The van der Waals surface area contributed by atoms with Gasteiger partial charge in [-0.2, -0.15) is 17.8 Å². The molecule has 0 bridgehead atoms. The molecule has 2 heterocycles. The fourth-order valence-corrected chi connectivity index (χ4v) is 5.94. The van der Waals surface area contributed by atoms with Gasteiger partial charge in [-0.05, 0) is 53.2 Å². The highest BCUT2D eigenvalue weighted by Crippen LogP contribution is 2.30. The molecule has 3 N–H and O–H groups in total. The van der Waals surface area contributed by atoms with E-state index in [0.29, 0.717) is 44.0 Å². The Morgan fingerprint density at radius 3 is 2.30 bits per heavy atom. The Morgan fingerprint density at radius 1 is 0.894 bits per heavy atom. The molecule has 2 amide bonds. The first kappa shape index (κ1) is 33.9. The fourth-order valence-electron chi connectivity index (χ4n) is 5.35. The lowest BCUT2D eigenvalue weighted by atomic mass is 9.98. The summed E-state index contributed by atoms with van der Waals surface area (Å²) < 4.78 is 1.93. The number of aromatic nitrogens is 6. The van der Waals surface area contributed by atoms with Crippen LogP contribution in [0.15, 0.2) is 78.9 Å². The van der Waals surface area contributed by atoms with Gasteiger partial charge in [0.25, 0.3) is 5.91 Å². The number of benzene rings is 3. The standard InChI is InChI=1S/C35H39ClN8O2S/c1-2-3-15-30-39-32(36)31(35(46)38-21-10-9-20-37-34(45)29(47)22-24-11-5-4-6-12-24)44(30)23-25-16-18-26(19-17-25)27-13-7-8-14-28(27)33-40-42-43-41-33/h4-8,11-14,16-19,29,47H,2-3,9-10,15,20-23H2,1H3,(H,37,45)(H,38,46)(H,40,41,42,43)/t29-/m1/s1. The summed E-state index contributed by atoms with van der Waals surface area (Å²) in [5.41, 5.74) is 5.33. The summed E-state index contributed by atoms with van der Waals surface area (Å²) in [6.07, 6.45) is 4.63. The van der Waals surface area contributed by atoms with Crippen molar-refractivity contribution in [2.24, 2.45) is 0 Å². The third kappa shape index (κ3) is 9.08. The second kappa shape index (κ2) is 16.9. The number of nitrogens with zero attached hydrogens (tertiary/aromatic N) is 5. The highest BCUT2D eigenvalue weighted by atomic mass is 35.5. The molecular weight excluding hydrogens is 632 g/mol. The Balaban J connectivity index is 1.18. The van der Waals surface area contributed by atoms with Gasteiger partial charge in [0.05, 0.1) is 5.25 Å². The zero-order valence-electron chi connectivity index (χ0n) is 26.3. The summed E-state index contributed by atoms with van der Waals surface area (Å²) in [6.45, 7) is 3.53. The summed E-state index contributed by atoms with van der Waals surface area (Å²) in [5.74, 6) is 0.954. The molecule has 1 atom stereocenters. The van der Waals surface area contributed by atoms with Crippen LogP contribution in [0.5, 0.6) is 0 Å². The molecule has 244 valence electrons. The number of carbonyl (C=O) groups excluding carboxylic acids is 2. The van der Waals surface area contributed by atoms with Crippen LogP contribution >= 0.6 is 24.2 Å². The number of aryl methyl sites for hydroxylation is 1. The molecule has 12 heteroatoms. The zero-order valence-corrected chi connectivity index (χ0v) is 28.0. The van der Waals surface area contributed by atoms with Gasteiger partial charge in [0.2, 0.25) is 11.7 Å². The number of hydrogen-bond acceptors (Lipinski definition) is 7. The Labute approximate surface area is 285 Å². The monoisotopic (exact) mass is 670 g/mol. The molecule has 0 aliphatic heterocycles. The number of unbranched alkanes of at least 4 members (excludes halogenated alkanes) is 2. The van der Waals surface area contributed by atoms with Gasteiger partial charge in [-0.15, -0.1) is 10.2 Å². The third-order valence-electron chi connectivity index (χ3n) is 7.85. The van der Waals surface area contributed by atoms with E-state index in [2.05, 4.69) is 67.9 Å². The number of nitrogens with one attached hydrogen (secondary N) is 3. The maximum atomic E-state index is 13.4. The Hall–Kier alpha value is -4.48. The van der Waals surface area contributed by atoms with Crippen LogP contribution in [0.25, 0.3) is 22.5 Å². The minimum absolute atomic E-state index is 0.0965. The van der Waals surface area contributed by atoms with E-state index in [1.165, 1.54) is 0 Å². The molecule has 0 radical (unpaired) electrons. The number of thiol groups is 1. The lowest BCUT2D eigenvalue weighted by molar-refractivity contribution is -0.120. The maximum Gasteiger partial charge on any atom is 0.271 e. The summed E-state index contributed by atoms with van der Waals surface area (Å²) in [4.78, 5) is 30.4. The molecule has 0 saturated heterocycles. The van der Waals surface area contributed by atoms with E-state index in [1.807, 2.05) is 71.3 Å². The van der Waals surface area contributed by atoms with Crippen LogP contribution in [0, 0.1) is 0 Å². The van der Waals surface area contributed by atoms with Crippen LogP contribution in [0.2, 0.25) is 5.15 Å². The van der Waals surface area contributed by atoms with Crippen molar-refractivity contribution in [3.8, 4) is 22.5 Å². The fraction of sp³-hybridized carbons (Fsp3) is 0.314. The predicted molar refractivity (Wildman–Crippen MR) is 187 cm³/mol. The van der Waals surface area contributed by atoms with Crippen molar-refractivity contribution in [3.63, 3.8) is 0 Å². The van der Waals surface area contributed by atoms with Gasteiger partial charge in [0.15, 0.2) is 5.15 Å². The van der Waals surface area contributed by atoms with Crippen LogP contribution in [0.3, 0.4) is 0 Å². The number of amides is 2. The van der Waals surface area contributed by atoms with Crippen molar-refractivity contribution in [1.82, 2.24) is 40.8 Å². The Morgan fingerprint density at radius 2 is 1.60 bits per heavy atom. The SMILES string of the molecule is CCCCc1nc(Cl)c(C(=O)NCCCCNC(=O)[C@H](S)Cc2ccccc2)n1Cc1ccc(-c2ccccc2-c2nn[nH]n2)cc1. The molecule has 3 aromatic carbocycles. The van der Waals surface area contributed by atoms with Crippen molar-refractivity contribution >= 4 is 36.0 Å². The Kier molecular flexibility index (Phi) is 12.2. The van der Waals surface area contributed by atoms with Gasteiger partial charge in [-0.3, -0.25) is 9.59 Å². The molecule has 0 unspecified atom stereocenters. The van der Waals surface area contributed by atoms with Crippen LogP contribution < -0.4 is 10.6 Å². The summed E-state index contributed by atoms with van der Waals surface area (Å²) >= 11 is 11.0. The molecule has 0 spiro atoms. The van der Waals surface area contributed by atoms with Gasteiger partial charge in [-0.1, -0.05) is 104 Å². The van der Waals surface area contributed by atoms with Gasteiger partial charge < -0.3 is 15.2 Å². The van der Waals surface area contributed by atoms with E-state index in [-0.39, 0.29) is 17.0 Å². The van der Waals surface area contributed by atoms with Crippen LogP contribution in [-0.2, 0) is 24.2 Å². The lowest BCUT2D eigenvalue weighted by Crippen LogP contribution is -2.34. The number of imidazole rings is 1. The first-order valence-electron chi connectivity index (χ1n) is 15.9. The number of rotatable bonds is 16. The van der Waals surface area contributed by atoms with Crippen LogP contribution in [0.1, 0.15) is 60.0 Å². The highest BCUT2D eigenvalue weighted by molar-refractivity contribution is 7.81. The normalized spacial score (nSPS) is 11.7. The van der Waals surface area contributed by atoms with Crippen molar-refractivity contribution < 1.29 is 9.59 Å². The van der Waals surface area contributed by atoms with E-state index >= 15 is 0 Å². The number of carbonyl (C=O) groups is 2. The van der Waals surface area contributed by atoms with Crippen molar-refractivity contribution in [2.45, 2.75) is 57.2 Å². The first-order valence-corrected chi connectivity index (χ1v) is 16.8. The van der Waals surface area contributed by atoms with E-state index in [9.17, 15) is 9.59 Å². The minimum Gasteiger partial charge on any atom is -0.355 e. The third-order valence-corrected chi connectivity index (χ3v) is 8.54. The first-order chi connectivity index (χ1) is 22.9. The number of halogens is 1. The van der Waals surface area contributed by atoms with Crippen molar-refractivity contribution in [1.29, 1.82) is 0 Å². The van der Waals surface area contributed by atoms with Crippen LogP contribution in [-0.4, -0.2) is 60.3 Å². The maximum absolute atomic E-state index is 13.4. The molecule has 5 rings (SSSR count). The zero-order chi connectivity index (χ0) is 33.0. The molecule has 2 aromatic heterocycles. The summed E-state index contributed by atoms with van der Waals surface area (Å²) in [5, 5.41) is 20.2. The minimum atomic E-state index is -0.412. The molecule has 0 saturated carbocycles. The molecule has 47 heavy (non-hydrogen) atoms. The molecule has 10 nitrogen and oxygen atoms in total. The molecular formula is C35H39ClN8O2S. The number of tetrazole rings is 1. The topological polar surface area (TPSA) is 130 Å². The van der Waals surface area contributed by atoms with Gasteiger partial charge in [-0.25, -0.2) is 4.98 Å². The van der Waals surface area contributed by atoms with Gasteiger partial charge in [0, 0.05) is 31.6 Å². The lowest BCUT2D eigenvalue weighted by Gasteiger charge is -2.14. The van der Waals surface area contributed by atoms with Crippen LogP contribution in [0.4, 0.5) is 0 Å². The number of H-pyrrole nitrogens is 1. The quantitative estimate of drug-likeness (QED) is 0.0759. The summed E-state index contributed by atoms with van der Waals surface area (Å²) in [6, 6.07) is 25.9. The Bertz CT molecular complexity index is 1740. The molecule has 0 aliphatic rings. The summed E-state index contributed by atoms with van der Waals surface area (Å²) in [7, 11) is 0. The van der Waals surface area contributed by atoms with Gasteiger partial charge in [0.1, 0.15) is 11.5 Å². The largest absolute Gasteiger partial charge is 0.355 e. The average Bonchev–Trinajstić information content (AvgIpc) is 3.74. The number of hydrogen-bond donors (Lipinski definition) is 4. The smallest absolute Gasteiger partial charge is 0.271 e. The number of aromatic amines is 1. The highest BCUT2D eigenvalue weighted by Gasteiger charge is 2.22. The van der Waals surface area contributed by atoms with E-state index in [1.54, 1.807) is 0 Å². The molecule has 0 aliphatic carbocycles. The van der Waals surface area contributed by atoms with E-state index in [0.717, 1.165) is 59.3 Å². The second-order valence-electron chi connectivity index (χ2n) is 11.3. The van der Waals surface area contributed by atoms with E-state index in [4.69, 9.17) is 11.6 Å². The van der Waals surface area contributed by atoms with E-state index < -0.39 is 5.25 Å². The second-order valence-corrected chi connectivity index (χ2v) is 12.3. The average molecular weight is 671 g/mol. The van der Waals surface area contributed by atoms with Crippen molar-refractivity contribution in [2.75, 3.05) is 13.1 Å². The van der Waals surface area contributed by atoms with Crippen molar-refractivity contribution in [3.05, 3.63) is 107 Å². The molecule has 0 fully saturated rings. The molecule has 5 aromatic rings.